The molecule has 2 N–H and O–H groups in total. The van der Waals surface area contributed by atoms with Crippen molar-refractivity contribution in [2.75, 3.05) is 19.7 Å². The molecular formula is C12H17INO+. The van der Waals surface area contributed by atoms with Crippen molar-refractivity contribution in [2.24, 2.45) is 0 Å². The van der Waals surface area contributed by atoms with Crippen molar-refractivity contribution in [3.63, 3.8) is 0 Å². The molecule has 0 aliphatic carbocycles. The first-order valence-corrected chi connectivity index (χ1v) is 6.13. The maximum absolute atomic E-state index is 5.67. The maximum atomic E-state index is 5.67. The number of aryl methyl sites for hydroxylation is 1. The van der Waals surface area contributed by atoms with E-state index in [4.69, 9.17) is 4.74 Å². The van der Waals surface area contributed by atoms with E-state index in [-0.39, 0.29) is 0 Å². The molecule has 0 heterocycles. The minimum atomic E-state index is 0.745. The van der Waals surface area contributed by atoms with Crippen molar-refractivity contribution >= 4 is 22.6 Å². The Hall–Kier alpha value is -0.550. The van der Waals surface area contributed by atoms with Crippen molar-refractivity contribution in [3.05, 3.63) is 40.0 Å². The second kappa shape index (κ2) is 6.85. The largest absolute Gasteiger partial charge is 0.487 e. The summed E-state index contributed by atoms with van der Waals surface area (Å²) in [7, 11) is 0. The normalized spacial score (nSPS) is 10.0. The molecule has 82 valence electrons. The zero-order valence-electron chi connectivity index (χ0n) is 9.00. The quantitative estimate of drug-likeness (QED) is 0.482. The third kappa shape index (κ3) is 4.66. The molecule has 2 nitrogen and oxygen atoms in total. The topological polar surface area (TPSA) is 25.8 Å². The van der Waals surface area contributed by atoms with Crippen LogP contribution in [0.3, 0.4) is 0 Å². The van der Waals surface area contributed by atoms with Gasteiger partial charge < -0.3 is 10.1 Å². The summed E-state index contributed by atoms with van der Waals surface area (Å²) in [6.07, 6.45) is 1.90. The average molecular weight is 318 g/mol. The van der Waals surface area contributed by atoms with Crippen LogP contribution in [0.5, 0.6) is 5.75 Å². The van der Waals surface area contributed by atoms with Crippen molar-refractivity contribution in [2.45, 2.75) is 6.92 Å². The number of rotatable bonds is 6. The van der Waals surface area contributed by atoms with Gasteiger partial charge in [0, 0.05) is 3.57 Å². The molecule has 3 heteroatoms. The van der Waals surface area contributed by atoms with E-state index in [1.165, 1.54) is 9.13 Å². The van der Waals surface area contributed by atoms with E-state index < -0.39 is 0 Å². The van der Waals surface area contributed by atoms with E-state index >= 15 is 0 Å². The van der Waals surface area contributed by atoms with E-state index in [2.05, 4.69) is 53.5 Å². The first kappa shape index (κ1) is 12.5. The average Bonchev–Trinajstić information content (AvgIpc) is 2.20. The lowest BCUT2D eigenvalue weighted by atomic mass is 10.2. The highest BCUT2D eigenvalue weighted by molar-refractivity contribution is 14.1. The number of ether oxygens (including phenoxy) is 1. The van der Waals surface area contributed by atoms with Gasteiger partial charge in [0.05, 0.1) is 6.54 Å². The van der Waals surface area contributed by atoms with Gasteiger partial charge in [-0.05, 0) is 59.4 Å². The number of benzene rings is 1. The van der Waals surface area contributed by atoms with Crippen LogP contribution in [0.25, 0.3) is 0 Å². The van der Waals surface area contributed by atoms with Crippen molar-refractivity contribution in [3.8, 4) is 5.75 Å². The highest BCUT2D eigenvalue weighted by atomic mass is 127. The first-order valence-electron chi connectivity index (χ1n) is 5.05. The Balaban J connectivity index is 2.34. The Morgan fingerprint density at radius 3 is 3.00 bits per heavy atom. The van der Waals surface area contributed by atoms with E-state index in [1.807, 2.05) is 12.1 Å². The molecule has 1 aromatic carbocycles. The highest BCUT2D eigenvalue weighted by Gasteiger charge is 1.99. The van der Waals surface area contributed by atoms with Gasteiger partial charge in [-0.2, -0.15) is 0 Å². The van der Waals surface area contributed by atoms with E-state index in [0.717, 1.165) is 25.4 Å². The minimum absolute atomic E-state index is 0.745. The van der Waals surface area contributed by atoms with Crippen LogP contribution >= 0.6 is 22.6 Å². The molecule has 0 fully saturated rings. The van der Waals surface area contributed by atoms with Gasteiger partial charge in [0.25, 0.3) is 0 Å². The molecular weight excluding hydrogens is 301 g/mol. The van der Waals surface area contributed by atoms with Crippen LogP contribution in [0.4, 0.5) is 0 Å². The van der Waals surface area contributed by atoms with Gasteiger partial charge >= 0.3 is 0 Å². The van der Waals surface area contributed by atoms with Crippen LogP contribution in [0.2, 0.25) is 0 Å². The Morgan fingerprint density at radius 1 is 1.53 bits per heavy atom. The molecule has 0 radical (unpaired) electrons. The van der Waals surface area contributed by atoms with Crippen LogP contribution < -0.4 is 10.1 Å². The third-order valence-electron chi connectivity index (χ3n) is 2.05. The van der Waals surface area contributed by atoms with Gasteiger partial charge in [0.15, 0.2) is 0 Å². The van der Waals surface area contributed by atoms with Gasteiger partial charge in [0.2, 0.25) is 0 Å². The second-order valence-corrected chi connectivity index (χ2v) is 4.61. The van der Waals surface area contributed by atoms with Crippen LogP contribution in [0.1, 0.15) is 5.56 Å². The monoisotopic (exact) mass is 318 g/mol. The summed E-state index contributed by atoms with van der Waals surface area (Å²) in [5.74, 6) is 0.988. The Kier molecular flexibility index (Phi) is 5.71. The Labute approximate surface area is 105 Å². The Morgan fingerprint density at radius 2 is 2.33 bits per heavy atom. The number of quaternary nitrogens is 1. The summed E-state index contributed by atoms with van der Waals surface area (Å²) in [5.41, 5.74) is 1.20. The van der Waals surface area contributed by atoms with E-state index in [1.54, 1.807) is 0 Å². The SMILES string of the molecule is C=CC[NH2+]CCOc1ccc(I)cc1C. The maximum Gasteiger partial charge on any atom is 0.137 e. The van der Waals surface area contributed by atoms with Crippen LogP contribution in [-0.2, 0) is 0 Å². The predicted octanol–water partition coefficient (Wildman–Crippen LogP) is 1.73. The lowest BCUT2D eigenvalue weighted by molar-refractivity contribution is -0.646. The highest BCUT2D eigenvalue weighted by Crippen LogP contribution is 2.19. The summed E-state index contributed by atoms with van der Waals surface area (Å²) in [6, 6.07) is 6.23. The standard InChI is InChI=1S/C12H16INO/c1-3-6-14-7-8-15-12-5-4-11(13)9-10(12)2/h3-5,9,14H,1,6-8H2,2H3/p+1. The third-order valence-corrected chi connectivity index (χ3v) is 2.72. The molecule has 0 aliphatic rings. The molecule has 15 heavy (non-hydrogen) atoms. The van der Waals surface area contributed by atoms with Crippen LogP contribution in [-0.4, -0.2) is 19.7 Å². The summed E-state index contributed by atoms with van der Waals surface area (Å²) in [6.45, 7) is 8.41. The second-order valence-electron chi connectivity index (χ2n) is 3.36. The Bertz CT molecular complexity index is 325. The fraction of sp³-hybridized carbons (Fsp3) is 0.333. The lowest BCUT2D eigenvalue weighted by Crippen LogP contribution is -2.85. The number of hydrogen-bond acceptors (Lipinski definition) is 1. The van der Waals surface area contributed by atoms with Gasteiger partial charge in [-0.1, -0.05) is 6.58 Å². The zero-order chi connectivity index (χ0) is 11.1. The molecule has 0 spiro atoms. The summed E-state index contributed by atoms with van der Waals surface area (Å²) >= 11 is 2.31. The number of hydrogen-bond donors (Lipinski definition) is 1. The van der Waals surface area contributed by atoms with Crippen molar-refractivity contribution in [1.82, 2.24) is 0 Å². The molecule has 1 aromatic rings. The summed E-state index contributed by atoms with van der Waals surface area (Å²) < 4.78 is 6.92. The summed E-state index contributed by atoms with van der Waals surface area (Å²) in [4.78, 5) is 0. The fourth-order valence-electron chi connectivity index (χ4n) is 1.26. The van der Waals surface area contributed by atoms with Crippen LogP contribution in [0.15, 0.2) is 30.9 Å². The molecule has 0 amide bonds. The molecule has 1 rings (SSSR count). The van der Waals surface area contributed by atoms with E-state index in [9.17, 15) is 0 Å². The minimum Gasteiger partial charge on any atom is -0.487 e. The van der Waals surface area contributed by atoms with E-state index in [0.29, 0.717) is 0 Å². The molecule has 0 saturated carbocycles. The van der Waals surface area contributed by atoms with Crippen molar-refractivity contribution < 1.29 is 10.1 Å². The van der Waals surface area contributed by atoms with Gasteiger partial charge in [0.1, 0.15) is 18.9 Å². The van der Waals surface area contributed by atoms with Gasteiger partial charge in [-0.15, -0.1) is 0 Å². The fourth-order valence-corrected chi connectivity index (χ4v) is 1.91. The number of halogens is 1. The molecule has 0 bridgehead atoms. The van der Waals surface area contributed by atoms with Gasteiger partial charge in [-0.3, -0.25) is 0 Å². The van der Waals surface area contributed by atoms with Crippen molar-refractivity contribution in [1.29, 1.82) is 0 Å². The summed E-state index contributed by atoms with van der Waals surface area (Å²) in [5, 5.41) is 2.18. The first-order chi connectivity index (χ1) is 7.24. The van der Waals surface area contributed by atoms with Crippen LogP contribution in [0, 0.1) is 10.5 Å². The molecule has 0 atom stereocenters. The molecule has 0 saturated heterocycles. The molecule has 0 aliphatic heterocycles. The molecule has 0 aromatic heterocycles. The molecule has 0 unspecified atom stereocenters. The number of nitrogens with two attached hydrogens (primary N) is 1. The zero-order valence-corrected chi connectivity index (χ0v) is 11.2. The predicted molar refractivity (Wildman–Crippen MR) is 71.2 cm³/mol. The smallest absolute Gasteiger partial charge is 0.137 e. The van der Waals surface area contributed by atoms with Gasteiger partial charge in [-0.25, -0.2) is 0 Å². The lowest BCUT2D eigenvalue weighted by Gasteiger charge is -2.08.